The van der Waals surface area contributed by atoms with Gasteiger partial charge < -0.3 is 14.8 Å². The number of amides is 1. The van der Waals surface area contributed by atoms with Crippen molar-refractivity contribution < 1.29 is 14.3 Å². The molecule has 1 aromatic rings. The minimum absolute atomic E-state index is 0.0477. The number of ether oxygens (including phenoxy) is 2. The summed E-state index contributed by atoms with van der Waals surface area (Å²) in [6.07, 6.45) is 0. The molecule has 5 heteroatoms. The summed E-state index contributed by atoms with van der Waals surface area (Å²) in [5.41, 5.74) is 0.865. The highest BCUT2D eigenvalue weighted by molar-refractivity contribution is 6.27. The molecule has 17 heavy (non-hydrogen) atoms. The van der Waals surface area contributed by atoms with Crippen LogP contribution in [0.15, 0.2) is 18.2 Å². The average molecular weight is 258 g/mol. The summed E-state index contributed by atoms with van der Waals surface area (Å²) in [5.74, 6) is 1.06. The van der Waals surface area contributed by atoms with Crippen molar-refractivity contribution in [1.29, 1.82) is 0 Å². The zero-order valence-electron chi connectivity index (χ0n) is 9.96. The molecule has 1 aromatic carbocycles. The molecule has 0 fully saturated rings. The van der Waals surface area contributed by atoms with Gasteiger partial charge in [-0.25, -0.2) is 0 Å². The summed E-state index contributed by atoms with van der Waals surface area (Å²) in [6.45, 7) is 2.81. The summed E-state index contributed by atoms with van der Waals surface area (Å²) in [7, 11) is 1.58. The number of para-hydroxylation sites is 1. The Morgan fingerprint density at radius 1 is 1.47 bits per heavy atom. The highest BCUT2D eigenvalue weighted by Crippen LogP contribution is 2.30. The Bertz CT molecular complexity index is 382. The number of halogens is 1. The van der Waals surface area contributed by atoms with E-state index < -0.39 is 0 Å². The summed E-state index contributed by atoms with van der Waals surface area (Å²) in [6, 6.07) is 5.55. The van der Waals surface area contributed by atoms with Crippen molar-refractivity contribution >= 4 is 17.5 Å². The van der Waals surface area contributed by atoms with Crippen LogP contribution in [0.5, 0.6) is 11.5 Å². The molecule has 1 N–H and O–H groups in total. The van der Waals surface area contributed by atoms with Crippen molar-refractivity contribution in [3.8, 4) is 11.5 Å². The third-order valence-electron chi connectivity index (χ3n) is 2.17. The second kappa shape index (κ2) is 7.01. The van der Waals surface area contributed by atoms with Crippen LogP contribution >= 0.6 is 11.6 Å². The molecule has 1 rings (SSSR count). The number of carbonyl (C=O) groups excluding carboxylic acids is 1. The van der Waals surface area contributed by atoms with Gasteiger partial charge in [-0.05, 0) is 13.0 Å². The van der Waals surface area contributed by atoms with Gasteiger partial charge in [0.2, 0.25) is 5.91 Å². The molecular weight excluding hydrogens is 242 g/mol. The summed E-state index contributed by atoms with van der Waals surface area (Å²) < 4.78 is 10.7. The molecule has 4 nitrogen and oxygen atoms in total. The second-order valence-electron chi connectivity index (χ2n) is 3.29. The van der Waals surface area contributed by atoms with Crippen molar-refractivity contribution in [3.63, 3.8) is 0 Å². The summed E-state index contributed by atoms with van der Waals surface area (Å²) >= 11 is 5.41. The fraction of sp³-hybridized carbons (Fsp3) is 0.417. The standard InChI is InChI=1S/C12H16ClNO3/c1-3-17-12-9(8-14-11(15)7-13)5-4-6-10(12)16-2/h4-6H,3,7-8H2,1-2H3,(H,14,15). The normalized spacial score (nSPS) is 9.82. The number of benzene rings is 1. The Morgan fingerprint density at radius 2 is 2.24 bits per heavy atom. The molecule has 0 atom stereocenters. The van der Waals surface area contributed by atoms with E-state index in [0.29, 0.717) is 24.7 Å². The predicted molar refractivity (Wildman–Crippen MR) is 66.7 cm³/mol. The highest BCUT2D eigenvalue weighted by Gasteiger charge is 2.10. The minimum Gasteiger partial charge on any atom is -0.493 e. The van der Waals surface area contributed by atoms with Crippen molar-refractivity contribution in [2.45, 2.75) is 13.5 Å². The van der Waals surface area contributed by atoms with E-state index in [1.807, 2.05) is 25.1 Å². The Balaban J connectivity index is 2.85. The van der Waals surface area contributed by atoms with E-state index in [0.717, 1.165) is 5.56 Å². The third-order valence-corrected chi connectivity index (χ3v) is 2.41. The number of methoxy groups -OCH3 is 1. The van der Waals surface area contributed by atoms with Gasteiger partial charge in [-0.3, -0.25) is 4.79 Å². The maximum absolute atomic E-state index is 11.1. The van der Waals surface area contributed by atoms with E-state index in [-0.39, 0.29) is 11.8 Å². The summed E-state index contributed by atoms with van der Waals surface area (Å²) in [4.78, 5) is 11.1. The molecule has 0 radical (unpaired) electrons. The molecule has 0 spiro atoms. The van der Waals surface area contributed by atoms with Crippen molar-refractivity contribution in [2.75, 3.05) is 19.6 Å². The van der Waals surface area contributed by atoms with Crippen LogP contribution in [0.3, 0.4) is 0 Å². The first kappa shape index (κ1) is 13.6. The van der Waals surface area contributed by atoms with E-state index in [4.69, 9.17) is 21.1 Å². The van der Waals surface area contributed by atoms with E-state index in [2.05, 4.69) is 5.32 Å². The zero-order chi connectivity index (χ0) is 12.7. The van der Waals surface area contributed by atoms with Crippen LogP contribution in [0.25, 0.3) is 0 Å². The molecule has 0 aromatic heterocycles. The van der Waals surface area contributed by atoms with Crippen LogP contribution in [-0.4, -0.2) is 25.5 Å². The van der Waals surface area contributed by atoms with Crippen molar-refractivity contribution in [3.05, 3.63) is 23.8 Å². The summed E-state index contributed by atoms with van der Waals surface area (Å²) in [5, 5.41) is 2.69. The lowest BCUT2D eigenvalue weighted by molar-refractivity contribution is -0.118. The van der Waals surface area contributed by atoms with Gasteiger partial charge in [-0.2, -0.15) is 0 Å². The molecular formula is C12H16ClNO3. The molecule has 0 saturated carbocycles. The lowest BCUT2D eigenvalue weighted by Crippen LogP contribution is -2.24. The number of nitrogens with one attached hydrogen (secondary N) is 1. The first-order valence-corrected chi connectivity index (χ1v) is 5.87. The van der Waals surface area contributed by atoms with Gasteiger partial charge in [0.25, 0.3) is 0 Å². The van der Waals surface area contributed by atoms with Crippen LogP contribution in [0.1, 0.15) is 12.5 Å². The van der Waals surface area contributed by atoms with Gasteiger partial charge in [0.1, 0.15) is 5.88 Å². The maximum Gasteiger partial charge on any atom is 0.235 e. The Hall–Kier alpha value is -1.42. The number of alkyl halides is 1. The van der Waals surface area contributed by atoms with Gasteiger partial charge in [0, 0.05) is 12.1 Å². The van der Waals surface area contributed by atoms with E-state index in [9.17, 15) is 4.79 Å². The lowest BCUT2D eigenvalue weighted by Gasteiger charge is -2.14. The van der Waals surface area contributed by atoms with Crippen LogP contribution in [-0.2, 0) is 11.3 Å². The average Bonchev–Trinajstić information content (AvgIpc) is 2.37. The SMILES string of the molecule is CCOc1c(CNC(=O)CCl)cccc1OC. The molecule has 0 saturated heterocycles. The number of hydrogen-bond acceptors (Lipinski definition) is 3. The van der Waals surface area contributed by atoms with Gasteiger partial charge in [-0.15, -0.1) is 11.6 Å². The van der Waals surface area contributed by atoms with Crippen LogP contribution in [0.2, 0.25) is 0 Å². The molecule has 1 amide bonds. The quantitative estimate of drug-likeness (QED) is 0.793. The second-order valence-corrected chi connectivity index (χ2v) is 3.56. The third kappa shape index (κ3) is 3.82. The molecule has 0 aliphatic carbocycles. The fourth-order valence-electron chi connectivity index (χ4n) is 1.41. The molecule has 94 valence electrons. The molecule has 0 aliphatic heterocycles. The van der Waals surface area contributed by atoms with Crippen LogP contribution in [0, 0.1) is 0 Å². The molecule has 0 bridgehead atoms. The molecule has 0 aliphatic rings. The molecule has 0 heterocycles. The van der Waals surface area contributed by atoms with E-state index in [1.165, 1.54) is 0 Å². The first-order chi connectivity index (χ1) is 8.22. The molecule has 0 unspecified atom stereocenters. The smallest absolute Gasteiger partial charge is 0.235 e. The number of rotatable bonds is 6. The van der Waals surface area contributed by atoms with Gasteiger partial charge >= 0.3 is 0 Å². The maximum atomic E-state index is 11.1. The monoisotopic (exact) mass is 257 g/mol. The highest BCUT2D eigenvalue weighted by atomic mass is 35.5. The topological polar surface area (TPSA) is 47.6 Å². The minimum atomic E-state index is -0.211. The number of carbonyl (C=O) groups is 1. The van der Waals surface area contributed by atoms with Crippen molar-refractivity contribution in [1.82, 2.24) is 5.32 Å². The van der Waals surface area contributed by atoms with Gasteiger partial charge in [-0.1, -0.05) is 12.1 Å². The Kier molecular flexibility index (Phi) is 5.63. The first-order valence-electron chi connectivity index (χ1n) is 5.34. The Labute approximate surface area is 106 Å². The zero-order valence-corrected chi connectivity index (χ0v) is 10.7. The van der Waals surface area contributed by atoms with Crippen molar-refractivity contribution in [2.24, 2.45) is 0 Å². The predicted octanol–water partition coefficient (Wildman–Crippen LogP) is 1.95. The van der Waals surface area contributed by atoms with Crippen LogP contribution in [0.4, 0.5) is 0 Å². The van der Waals surface area contributed by atoms with Gasteiger partial charge in [0.05, 0.1) is 13.7 Å². The van der Waals surface area contributed by atoms with E-state index in [1.54, 1.807) is 7.11 Å². The lowest BCUT2D eigenvalue weighted by atomic mass is 10.2. The van der Waals surface area contributed by atoms with Gasteiger partial charge in [0.15, 0.2) is 11.5 Å². The Morgan fingerprint density at radius 3 is 2.82 bits per heavy atom. The van der Waals surface area contributed by atoms with Crippen LogP contribution < -0.4 is 14.8 Å². The van der Waals surface area contributed by atoms with E-state index >= 15 is 0 Å². The largest absolute Gasteiger partial charge is 0.493 e. The number of hydrogen-bond donors (Lipinski definition) is 1. The fourth-order valence-corrected chi connectivity index (χ4v) is 1.50.